The van der Waals surface area contributed by atoms with E-state index >= 15 is 0 Å². The van der Waals surface area contributed by atoms with Gasteiger partial charge in [-0.15, -0.1) is 6.58 Å². The molecule has 2 heterocycles. The number of nitrogens with one attached hydrogen (secondary N) is 1. The number of fused-ring (bicyclic) bond motifs is 2. The van der Waals surface area contributed by atoms with E-state index in [4.69, 9.17) is 5.73 Å². The lowest BCUT2D eigenvalue weighted by Crippen LogP contribution is -1.97. The highest BCUT2D eigenvalue weighted by Crippen LogP contribution is 2.27. The molecule has 24 heavy (non-hydrogen) atoms. The Labute approximate surface area is 139 Å². The predicted octanol–water partition coefficient (Wildman–Crippen LogP) is 4.10. The number of anilines is 3. The van der Waals surface area contributed by atoms with Crippen molar-refractivity contribution in [3.05, 3.63) is 67.6 Å². The minimum atomic E-state index is 0.692. The standard InChI is InChI=1S/C19H17N5/c1-2-8-24-9-7-13-10-15(4-6-18(13)24)23-19-16-11-14(20)3-5-17(16)21-12-22-19/h2-7,9-12H,1,8,20H2,(H,21,22,23). The summed E-state index contributed by atoms with van der Waals surface area (Å²) in [6.45, 7) is 4.59. The van der Waals surface area contributed by atoms with E-state index in [0.29, 0.717) is 5.69 Å². The van der Waals surface area contributed by atoms with E-state index in [-0.39, 0.29) is 0 Å². The zero-order valence-electron chi connectivity index (χ0n) is 13.1. The van der Waals surface area contributed by atoms with Gasteiger partial charge in [0.05, 0.1) is 5.52 Å². The van der Waals surface area contributed by atoms with Crippen LogP contribution in [-0.2, 0) is 6.54 Å². The van der Waals surface area contributed by atoms with Crippen molar-refractivity contribution in [2.45, 2.75) is 6.54 Å². The highest BCUT2D eigenvalue weighted by molar-refractivity contribution is 5.93. The number of nitrogens with two attached hydrogens (primary N) is 1. The van der Waals surface area contributed by atoms with Crippen LogP contribution in [0.3, 0.4) is 0 Å². The van der Waals surface area contributed by atoms with Gasteiger partial charge in [0.15, 0.2) is 0 Å². The predicted molar refractivity (Wildman–Crippen MR) is 99.4 cm³/mol. The lowest BCUT2D eigenvalue weighted by molar-refractivity contribution is 0.865. The van der Waals surface area contributed by atoms with E-state index in [2.05, 4.69) is 50.8 Å². The summed E-state index contributed by atoms with van der Waals surface area (Å²) in [5, 5.41) is 5.44. The fourth-order valence-corrected chi connectivity index (χ4v) is 2.89. The van der Waals surface area contributed by atoms with Crippen LogP contribution in [0.15, 0.2) is 67.6 Å². The van der Waals surface area contributed by atoms with E-state index in [1.807, 2.05) is 30.3 Å². The summed E-state index contributed by atoms with van der Waals surface area (Å²) in [6.07, 6.45) is 5.51. The van der Waals surface area contributed by atoms with E-state index in [0.717, 1.165) is 29.0 Å². The Hall–Kier alpha value is -3.34. The van der Waals surface area contributed by atoms with Gasteiger partial charge in [-0.3, -0.25) is 0 Å². The second kappa shape index (κ2) is 5.70. The van der Waals surface area contributed by atoms with Gasteiger partial charge >= 0.3 is 0 Å². The SMILES string of the molecule is C=CCn1ccc2cc(Nc3ncnc4ccc(N)cc34)ccc21. The van der Waals surface area contributed by atoms with Gasteiger partial charge in [-0.05, 0) is 42.5 Å². The molecule has 0 unspecified atom stereocenters. The molecule has 3 N–H and O–H groups in total. The number of nitrogens with zero attached hydrogens (tertiary/aromatic N) is 3. The number of allylic oxidation sites excluding steroid dienone is 1. The first-order chi connectivity index (χ1) is 11.7. The number of hydrogen-bond donors (Lipinski definition) is 2. The summed E-state index contributed by atoms with van der Waals surface area (Å²) in [5.41, 5.74) is 9.60. The maximum absolute atomic E-state index is 5.90. The number of aromatic nitrogens is 3. The van der Waals surface area contributed by atoms with Crippen molar-refractivity contribution in [1.29, 1.82) is 0 Å². The van der Waals surface area contributed by atoms with Crippen molar-refractivity contribution in [2.75, 3.05) is 11.1 Å². The lowest BCUT2D eigenvalue weighted by atomic mass is 10.2. The van der Waals surface area contributed by atoms with Gasteiger partial charge in [0, 0.05) is 40.4 Å². The molecule has 4 aromatic rings. The van der Waals surface area contributed by atoms with Crippen molar-refractivity contribution in [3.8, 4) is 0 Å². The average Bonchev–Trinajstić information content (AvgIpc) is 2.98. The molecule has 0 aliphatic rings. The van der Waals surface area contributed by atoms with Gasteiger partial charge in [-0.2, -0.15) is 0 Å². The van der Waals surface area contributed by atoms with Crippen LogP contribution in [0.2, 0.25) is 0 Å². The third-order valence-corrected chi connectivity index (χ3v) is 4.02. The zero-order chi connectivity index (χ0) is 16.5. The number of benzene rings is 2. The van der Waals surface area contributed by atoms with Crippen LogP contribution in [0.5, 0.6) is 0 Å². The number of nitrogen functional groups attached to an aromatic ring is 1. The largest absolute Gasteiger partial charge is 0.399 e. The molecule has 2 aromatic carbocycles. The molecular formula is C19H17N5. The van der Waals surface area contributed by atoms with Gasteiger partial charge < -0.3 is 15.6 Å². The summed E-state index contributed by atoms with van der Waals surface area (Å²) >= 11 is 0. The second-order valence-corrected chi connectivity index (χ2v) is 5.65. The Morgan fingerprint density at radius 3 is 2.92 bits per heavy atom. The fraction of sp³-hybridized carbons (Fsp3) is 0.0526. The molecule has 0 radical (unpaired) electrons. The highest BCUT2D eigenvalue weighted by atomic mass is 15.0. The average molecular weight is 315 g/mol. The minimum Gasteiger partial charge on any atom is -0.399 e. The normalized spacial score (nSPS) is 11.0. The molecule has 2 aromatic heterocycles. The Bertz CT molecular complexity index is 1050. The Kier molecular flexibility index (Phi) is 3.39. The second-order valence-electron chi connectivity index (χ2n) is 5.65. The molecule has 0 atom stereocenters. The Balaban J connectivity index is 1.74. The molecule has 0 fully saturated rings. The van der Waals surface area contributed by atoms with Gasteiger partial charge in [0.2, 0.25) is 0 Å². The summed E-state index contributed by atoms with van der Waals surface area (Å²) in [4.78, 5) is 8.64. The molecular weight excluding hydrogens is 298 g/mol. The molecule has 5 heteroatoms. The molecule has 0 aliphatic heterocycles. The van der Waals surface area contributed by atoms with Gasteiger partial charge in [0.1, 0.15) is 12.1 Å². The first-order valence-corrected chi connectivity index (χ1v) is 7.71. The van der Waals surface area contributed by atoms with E-state index < -0.39 is 0 Å². The molecule has 5 nitrogen and oxygen atoms in total. The Morgan fingerprint density at radius 2 is 2.04 bits per heavy atom. The summed E-state index contributed by atoms with van der Waals surface area (Å²) in [7, 11) is 0. The Morgan fingerprint density at radius 1 is 1.12 bits per heavy atom. The molecule has 0 aliphatic carbocycles. The van der Waals surface area contributed by atoms with Crippen molar-refractivity contribution < 1.29 is 0 Å². The minimum absolute atomic E-state index is 0.692. The number of hydrogen-bond acceptors (Lipinski definition) is 4. The van der Waals surface area contributed by atoms with Gasteiger partial charge in [-0.1, -0.05) is 6.08 Å². The van der Waals surface area contributed by atoms with Gasteiger partial charge in [-0.25, -0.2) is 9.97 Å². The van der Waals surface area contributed by atoms with Crippen LogP contribution in [0.4, 0.5) is 17.2 Å². The van der Waals surface area contributed by atoms with Crippen molar-refractivity contribution in [2.24, 2.45) is 0 Å². The third kappa shape index (κ3) is 2.46. The first kappa shape index (κ1) is 14.3. The smallest absolute Gasteiger partial charge is 0.141 e. The quantitative estimate of drug-likeness (QED) is 0.439. The molecule has 0 bridgehead atoms. The van der Waals surface area contributed by atoms with Crippen LogP contribution >= 0.6 is 0 Å². The topological polar surface area (TPSA) is 68.8 Å². The monoisotopic (exact) mass is 315 g/mol. The van der Waals surface area contributed by atoms with E-state index in [1.165, 1.54) is 10.9 Å². The van der Waals surface area contributed by atoms with Crippen molar-refractivity contribution in [3.63, 3.8) is 0 Å². The summed E-state index contributed by atoms with van der Waals surface area (Å²) in [5.74, 6) is 0.747. The maximum Gasteiger partial charge on any atom is 0.141 e. The lowest BCUT2D eigenvalue weighted by Gasteiger charge is -2.09. The summed E-state index contributed by atoms with van der Waals surface area (Å²) in [6, 6.07) is 14.0. The fourth-order valence-electron chi connectivity index (χ4n) is 2.89. The highest BCUT2D eigenvalue weighted by Gasteiger charge is 2.06. The molecule has 0 amide bonds. The summed E-state index contributed by atoms with van der Waals surface area (Å²) < 4.78 is 2.16. The van der Waals surface area contributed by atoms with Crippen LogP contribution in [-0.4, -0.2) is 14.5 Å². The number of rotatable bonds is 4. The van der Waals surface area contributed by atoms with Crippen LogP contribution in [0, 0.1) is 0 Å². The zero-order valence-corrected chi connectivity index (χ0v) is 13.1. The molecule has 0 saturated heterocycles. The van der Waals surface area contributed by atoms with Crippen LogP contribution in [0.1, 0.15) is 0 Å². The van der Waals surface area contributed by atoms with Crippen LogP contribution < -0.4 is 11.1 Å². The third-order valence-electron chi connectivity index (χ3n) is 4.02. The first-order valence-electron chi connectivity index (χ1n) is 7.71. The molecule has 0 spiro atoms. The van der Waals surface area contributed by atoms with E-state index in [9.17, 15) is 0 Å². The van der Waals surface area contributed by atoms with Gasteiger partial charge in [0.25, 0.3) is 0 Å². The molecule has 4 rings (SSSR count). The molecule has 118 valence electrons. The van der Waals surface area contributed by atoms with Crippen molar-refractivity contribution in [1.82, 2.24) is 14.5 Å². The van der Waals surface area contributed by atoms with Crippen molar-refractivity contribution >= 4 is 39.0 Å². The van der Waals surface area contributed by atoms with E-state index in [1.54, 1.807) is 6.33 Å². The molecule has 0 saturated carbocycles. The maximum atomic E-state index is 5.90. The van der Waals surface area contributed by atoms with Crippen LogP contribution in [0.25, 0.3) is 21.8 Å².